The molecule has 0 N–H and O–H groups in total. The number of hydrogen-bond acceptors (Lipinski definition) is 4. The average molecular weight is 337 g/mol. The van der Waals surface area contributed by atoms with Gasteiger partial charge in [0.25, 0.3) is 0 Å². The number of ether oxygens (including phenoxy) is 2. The normalized spacial score (nSPS) is 18.6. The van der Waals surface area contributed by atoms with Crippen LogP contribution < -0.4 is 18.8 Å². The van der Waals surface area contributed by atoms with E-state index in [1.165, 1.54) is 7.69 Å². The Morgan fingerprint density at radius 2 is 1.20 bits per heavy atom. The second-order valence-corrected chi connectivity index (χ2v) is 7.95. The first-order valence-corrected chi connectivity index (χ1v) is 8.59. The Morgan fingerprint density at radius 1 is 0.760 bits per heavy atom. The average Bonchev–Trinajstić information content (AvgIpc) is 2.98. The van der Waals surface area contributed by atoms with Crippen molar-refractivity contribution >= 4 is 7.69 Å². The van der Waals surface area contributed by atoms with Gasteiger partial charge in [0.05, 0.1) is 0 Å². The van der Waals surface area contributed by atoms with Crippen LogP contribution in [0.3, 0.4) is 0 Å². The maximum Gasteiger partial charge on any atom is 0.658 e. The molecule has 0 atom stereocenters. The first-order valence-electron chi connectivity index (χ1n) is 8.59. The molecule has 2 aromatic rings. The molecule has 5 heteroatoms. The Hall–Kier alpha value is -2.30. The SMILES string of the molecule is CC1(C)Cc2cc(O[B]Oc3ccc4c(c3)CC(C)(C)O4)ccc2O1. The van der Waals surface area contributed by atoms with Crippen LogP contribution in [0.2, 0.25) is 0 Å². The molecular weight excluding hydrogens is 315 g/mol. The first kappa shape index (κ1) is 16.2. The largest absolute Gasteiger partial charge is 0.658 e. The maximum atomic E-state index is 5.87. The fourth-order valence-electron chi connectivity index (χ4n) is 3.45. The van der Waals surface area contributed by atoms with Gasteiger partial charge in [0.2, 0.25) is 0 Å². The molecule has 1 radical (unpaired) electrons. The predicted molar refractivity (Wildman–Crippen MR) is 96.7 cm³/mol. The molecule has 0 aliphatic carbocycles. The Balaban J connectivity index is 1.37. The van der Waals surface area contributed by atoms with Gasteiger partial charge in [-0.15, -0.1) is 0 Å². The minimum atomic E-state index is -0.151. The fourth-order valence-corrected chi connectivity index (χ4v) is 3.45. The summed E-state index contributed by atoms with van der Waals surface area (Å²) in [6, 6.07) is 11.7. The first-order chi connectivity index (χ1) is 11.8. The van der Waals surface area contributed by atoms with E-state index < -0.39 is 0 Å². The summed E-state index contributed by atoms with van der Waals surface area (Å²) in [5.74, 6) is 3.34. The highest BCUT2D eigenvalue weighted by atomic mass is 16.6. The van der Waals surface area contributed by atoms with Gasteiger partial charge in [-0.2, -0.15) is 0 Å². The molecular formula is C20H22BO4. The Kier molecular flexibility index (Phi) is 3.64. The van der Waals surface area contributed by atoms with Gasteiger partial charge in [-0.3, -0.25) is 0 Å². The zero-order valence-corrected chi connectivity index (χ0v) is 15.1. The highest BCUT2D eigenvalue weighted by Gasteiger charge is 2.31. The Labute approximate surface area is 149 Å². The number of benzene rings is 2. The molecule has 0 fully saturated rings. The summed E-state index contributed by atoms with van der Waals surface area (Å²) in [7, 11) is 1.37. The van der Waals surface area contributed by atoms with Crippen molar-refractivity contribution in [1.82, 2.24) is 0 Å². The third-order valence-electron chi connectivity index (χ3n) is 4.44. The molecule has 2 aliphatic heterocycles. The minimum absolute atomic E-state index is 0.151. The third-order valence-corrected chi connectivity index (χ3v) is 4.44. The highest BCUT2D eigenvalue weighted by Crippen LogP contribution is 2.38. The topological polar surface area (TPSA) is 36.9 Å². The lowest BCUT2D eigenvalue weighted by Crippen LogP contribution is -2.24. The van der Waals surface area contributed by atoms with Crippen LogP contribution in [-0.4, -0.2) is 18.9 Å². The zero-order valence-electron chi connectivity index (χ0n) is 15.1. The smallest absolute Gasteiger partial charge is 0.526 e. The van der Waals surface area contributed by atoms with E-state index in [1.807, 2.05) is 36.4 Å². The van der Waals surface area contributed by atoms with E-state index in [9.17, 15) is 0 Å². The van der Waals surface area contributed by atoms with Gasteiger partial charge in [-0.25, -0.2) is 0 Å². The monoisotopic (exact) mass is 337 g/mol. The van der Waals surface area contributed by atoms with E-state index in [-0.39, 0.29) is 11.2 Å². The lowest BCUT2D eigenvalue weighted by atomic mass is 10.0. The van der Waals surface area contributed by atoms with E-state index >= 15 is 0 Å². The Morgan fingerprint density at radius 3 is 1.64 bits per heavy atom. The van der Waals surface area contributed by atoms with Crippen molar-refractivity contribution in [1.29, 1.82) is 0 Å². The van der Waals surface area contributed by atoms with Gasteiger partial charge in [0, 0.05) is 24.0 Å². The molecule has 0 bridgehead atoms. The van der Waals surface area contributed by atoms with E-state index in [0.29, 0.717) is 0 Å². The van der Waals surface area contributed by atoms with Crippen molar-refractivity contribution in [2.45, 2.75) is 51.7 Å². The second kappa shape index (κ2) is 5.62. The summed E-state index contributed by atoms with van der Waals surface area (Å²) in [6.07, 6.45) is 1.75. The van der Waals surface area contributed by atoms with Crippen LogP contribution in [0.15, 0.2) is 36.4 Å². The second-order valence-electron chi connectivity index (χ2n) is 7.95. The van der Waals surface area contributed by atoms with Crippen LogP contribution in [0.25, 0.3) is 0 Å². The predicted octanol–water partition coefficient (Wildman–Crippen LogP) is 4.11. The standard InChI is InChI=1S/C20H22BO4/c1-19(2)11-13-9-15(5-7-17(13)22-19)24-21-25-16-6-8-18-14(10-16)12-20(3,4)23-18/h5-10H,11-12H2,1-4H3. The summed E-state index contributed by atoms with van der Waals surface area (Å²) >= 11 is 0. The van der Waals surface area contributed by atoms with Crippen molar-refractivity contribution in [2.75, 3.05) is 0 Å². The third kappa shape index (κ3) is 3.41. The molecule has 0 unspecified atom stereocenters. The van der Waals surface area contributed by atoms with Gasteiger partial charge in [-0.1, -0.05) is 0 Å². The summed E-state index contributed by atoms with van der Waals surface area (Å²) in [5.41, 5.74) is 2.02. The zero-order chi connectivity index (χ0) is 17.7. The van der Waals surface area contributed by atoms with Gasteiger partial charge in [0.15, 0.2) is 0 Å². The summed E-state index contributed by atoms with van der Waals surface area (Å²) in [5, 5.41) is 0. The summed E-state index contributed by atoms with van der Waals surface area (Å²) in [4.78, 5) is 0. The quantitative estimate of drug-likeness (QED) is 0.787. The highest BCUT2D eigenvalue weighted by molar-refractivity contribution is 6.20. The lowest BCUT2D eigenvalue weighted by molar-refractivity contribution is 0.138. The molecule has 129 valence electrons. The molecule has 4 nitrogen and oxygen atoms in total. The van der Waals surface area contributed by atoms with E-state index in [4.69, 9.17) is 18.8 Å². The van der Waals surface area contributed by atoms with E-state index in [2.05, 4.69) is 27.7 Å². The number of rotatable bonds is 4. The number of hydrogen-bond donors (Lipinski definition) is 0. The Bertz CT molecular complexity index is 746. The van der Waals surface area contributed by atoms with E-state index in [1.54, 1.807) is 0 Å². The van der Waals surface area contributed by atoms with Crippen molar-refractivity contribution in [2.24, 2.45) is 0 Å². The van der Waals surface area contributed by atoms with Crippen LogP contribution in [0.5, 0.6) is 23.0 Å². The van der Waals surface area contributed by atoms with Crippen molar-refractivity contribution in [3.05, 3.63) is 47.5 Å². The van der Waals surface area contributed by atoms with Crippen LogP contribution in [0.1, 0.15) is 38.8 Å². The van der Waals surface area contributed by atoms with Crippen molar-refractivity contribution < 1.29 is 18.8 Å². The molecule has 2 aromatic carbocycles. The fraction of sp³-hybridized carbons (Fsp3) is 0.400. The molecule has 0 aromatic heterocycles. The molecule has 2 heterocycles. The lowest BCUT2D eigenvalue weighted by Gasteiger charge is -2.16. The van der Waals surface area contributed by atoms with E-state index in [0.717, 1.165) is 47.0 Å². The van der Waals surface area contributed by atoms with Crippen LogP contribution >= 0.6 is 0 Å². The minimum Gasteiger partial charge on any atom is -0.526 e. The van der Waals surface area contributed by atoms with Crippen LogP contribution in [-0.2, 0) is 12.8 Å². The van der Waals surface area contributed by atoms with Gasteiger partial charge < -0.3 is 18.8 Å². The van der Waals surface area contributed by atoms with Gasteiger partial charge in [0.1, 0.15) is 34.2 Å². The van der Waals surface area contributed by atoms with Gasteiger partial charge in [-0.05, 0) is 64.1 Å². The molecule has 2 aliphatic rings. The molecule has 25 heavy (non-hydrogen) atoms. The summed E-state index contributed by atoms with van der Waals surface area (Å²) in [6.45, 7) is 8.34. The summed E-state index contributed by atoms with van der Waals surface area (Å²) < 4.78 is 23.0. The van der Waals surface area contributed by atoms with Crippen molar-refractivity contribution in [3.8, 4) is 23.0 Å². The maximum absolute atomic E-state index is 5.87. The molecule has 4 rings (SSSR count). The van der Waals surface area contributed by atoms with Gasteiger partial charge >= 0.3 is 7.69 Å². The molecule has 0 saturated carbocycles. The van der Waals surface area contributed by atoms with Crippen molar-refractivity contribution in [3.63, 3.8) is 0 Å². The number of fused-ring (bicyclic) bond motifs is 2. The molecule has 0 spiro atoms. The molecule has 0 saturated heterocycles. The van der Waals surface area contributed by atoms with Crippen LogP contribution in [0.4, 0.5) is 0 Å². The van der Waals surface area contributed by atoms with Crippen LogP contribution in [0, 0.1) is 0 Å². The molecule has 0 amide bonds.